The predicted molar refractivity (Wildman–Crippen MR) is 290 cm³/mol. The summed E-state index contributed by atoms with van der Waals surface area (Å²) in [4.78, 5) is 4.75. The largest absolute Gasteiger partial charge is 0.456 e. The van der Waals surface area contributed by atoms with E-state index in [1.54, 1.807) is 0 Å². The van der Waals surface area contributed by atoms with Crippen LogP contribution in [0.25, 0.3) is 77.6 Å². The Hall–Kier alpha value is -9.18. The molecule has 326 valence electrons. The van der Waals surface area contributed by atoms with Gasteiger partial charge in [-0.3, -0.25) is 0 Å². The zero-order valence-corrected chi connectivity index (χ0v) is 37.9. The van der Waals surface area contributed by atoms with Gasteiger partial charge >= 0.3 is 0 Å². The van der Waals surface area contributed by atoms with E-state index in [4.69, 9.17) is 4.42 Å². The number of anilines is 6. The summed E-state index contributed by atoms with van der Waals surface area (Å²) < 4.78 is 6.29. The molecule has 0 atom stereocenters. The van der Waals surface area contributed by atoms with Crippen LogP contribution in [0.5, 0.6) is 0 Å². The van der Waals surface area contributed by atoms with E-state index in [0.717, 1.165) is 78.3 Å². The van der Waals surface area contributed by atoms with Crippen molar-refractivity contribution in [1.82, 2.24) is 0 Å². The molecule has 0 unspecified atom stereocenters. The molecule has 0 radical (unpaired) electrons. The van der Waals surface area contributed by atoms with E-state index in [2.05, 4.69) is 277 Å². The number of benzene rings is 11. The Kier molecular flexibility index (Phi) is 10.9. The number of rotatable bonds is 11. The highest BCUT2D eigenvalue weighted by Crippen LogP contribution is 2.45. The molecule has 12 aromatic rings. The van der Waals surface area contributed by atoms with Crippen LogP contribution in [-0.2, 0) is 0 Å². The highest BCUT2D eigenvalue weighted by atomic mass is 16.3. The number of hydrogen-bond acceptors (Lipinski definition) is 3. The fourth-order valence-corrected chi connectivity index (χ4v) is 9.71. The van der Waals surface area contributed by atoms with E-state index in [9.17, 15) is 0 Å². The van der Waals surface area contributed by atoms with Gasteiger partial charge in [-0.05, 0) is 129 Å². The highest BCUT2D eigenvalue weighted by molar-refractivity contribution is 6.12. The molecule has 0 spiro atoms. The smallest absolute Gasteiger partial charge is 0.136 e. The summed E-state index contributed by atoms with van der Waals surface area (Å²) in [5, 5.41) is 2.25. The number of nitrogens with zero attached hydrogens (tertiary/aromatic N) is 2. The molecular weight excluding hydrogens is 837 g/mol. The van der Waals surface area contributed by atoms with Gasteiger partial charge in [0, 0.05) is 44.8 Å². The van der Waals surface area contributed by atoms with Gasteiger partial charge in [0.2, 0.25) is 0 Å². The minimum absolute atomic E-state index is 0.891. The van der Waals surface area contributed by atoms with Crippen molar-refractivity contribution in [3.05, 3.63) is 279 Å². The number of fused-ring (bicyclic) bond motifs is 3. The van der Waals surface area contributed by atoms with Crippen molar-refractivity contribution >= 4 is 56.1 Å². The van der Waals surface area contributed by atoms with Crippen molar-refractivity contribution in [3.63, 3.8) is 0 Å². The zero-order valence-electron chi connectivity index (χ0n) is 37.9. The lowest BCUT2D eigenvalue weighted by molar-refractivity contribution is 0.669. The van der Waals surface area contributed by atoms with E-state index in [0.29, 0.717) is 0 Å². The first-order valence-corrected chi connectivity index (χ1v) is 23.5. The van der Waals surface area contributed by atoms with Crippen LogP contribution >= 0.6 is 0 Å². The summed E-state index contributed by atoms with van der Waals surface area (Å²) in [6.45, 7) is 0. The fraction of sp³-hybridized carbons (Fsp3) is 0. The number of hydrogen-bond donors (Lipinski definition) is 0. The molecule has 12 rings (SSSR count). The zero-order chi connectivity index (χ0) is 45.9. The van der Waals surface area contributed by atoms with Crippen molar-refractivity contribution < 1.29 is 4.42 Å². The first-order chi connectivity index (χ1) is 34.2. The minimum atomic E-state index is 0.891. The Morgan fingerprint density at radius 3 is 1.17 bits per heavy atom. The molecule has 0 N–H and O–H groups in total. The maximum Gasteiger partial charge on any atom is 0.136 e. The van der Waals surface area contributed by atoms with Crippen LogP contribution in [0, 0.1) is 0 Å². The second-order valence-corrected chi connectivity index (χ2v) is 17.3. The molecule has 1 heterocycles. The number of para-hydroxylation sites is 2. The van der Waals surface area contributed by atoms with Gasteiger partial charge in [-0.1, -0.05) is 200 Å². The van der Waals surface area contributed by atoms with Crippen LogP contribution in [-0.4, -0.2) is 0 Å². The van der Waals surface area contributed by atoms with Crippen LogP contribution in [0.4, 0.5) is 34.1 Å². The third kappa shape index (κ3) is 8.13. The van der Waals surface area contributed by atoms with Gasteiger partial charge in [0.05, 0.1) is 5.69 Å². The van der Waals surface area contributed by atoms with Gasteiger partial charge in [-0.25, -0.2) is 0 Å². The van der Waals surface area contributed by atoms with Gasteiger partial charge in [0.15, 0.2) is 0 Å². The molecule has 0 aliphatic rings. The van der Waals surface area contributed by atoms with Crippen LogP contribution in [0.2, 0.25) is 0 Å². The fourth-order valence-electron chi connectivity index (χ4n) is 9.71. The van der Waals surface area contributed by atoms with Gasteiger partial charge in [0.25, 0.3) is 0 Å². The Morgan fingerprint density at radius 1 is 0.232 bits per heavy atom. The second-order valence-electron chi connectivity index (χ2n) is 17.3. The molecule has 0 aliphatic carbocycles. The van der Waals surface area contributed by atoms with E-state index >= 15 is 0 Å². The average Bonchev–Trinajstić information content (AvgIpc) is 3.82. The van der Waals surface area contributed by atoms with Gasteiger partial charge in [-0.2, -0.15) is 0 Å². The number of furan rings is 1. The molecule has 0 saturated carbocycles. The van der Waals surface area contributed by atoms with Gasteiger partial charge in [-0.15, -0.1) is 0 Å². The molecule has 0 fully saturated rings. The second kappa shape index (κ2) is 18.2. The summed E-state index contributed by atoms with van der Waals surface area (Å²) in [5.41, 5.74) is 19.8. The van der Waals surface area contributed by atoms with Crippen molar-refractivity contribution in [2.45, 2.75) is 0 Å². The minimum Gasteiger partial charge on any atom is -0.456 e. The third-order valence-corrected chi connectivity index (χ3v) is 13.1. The molecule has 11 aromatic carbocycles. The molecule has 1 aromatic heterocycles. The lowest BCUT2D eigenvalue weighted by atomic mass is 9.98. The Bertz CT molecular complexity index is 3590. The molecule has 0 amide bonds. The van der Waals surface area contributed by atoms with E-state index in [1.165, 1.54) is 33.4 Å². The van der Waals surface area contributed by atoms with Gasteiger partial charge in [0.1, 0.15) is 11.2 Å². The first kappa shape index (κ1) is 41.3. The summed E-state index contributed by atoms with van der Waals surface area (Å²) in [6.07, 6.45) is 0. The molecule has 0 bridgehead atoms. The van der Waals surface area contributed by atoms with E-state index in [-0.39, 0.29) is 0 Å². The van der Waals surface area contributed by atoms with Gasteiger partial charge < -0.3 is 14.2 Å². The SMILES string of the molecule is c1ccc(-c2ccc(N(c3ccc(-c4cccc5oc6ccccc6c45)cc3)c3cccc(-c4ccccc4N(c4ccc(-c5ccccc5)cc4)c4ccc(-c5ccccc5)cc4)c3)cc2)cc1. The maximum absolute atomic E-state index is 6.29. The molecule has 3 nitrogen and oxygen atoms in total. The summed E-state index contributed by atoms with van der Waals surface area (Å²) >= 11 is 0. The molecule has 3 heteroatoms. The summed E-state index contributed by atoms with van der Waals surface area (Å²) in [5.74, 6) is 0. The topological polar surface area (TPSA) is 19.6 Å². The quantitative estimate of drug-likeness (QED) is 0.129. The van der Waals surface area contributed by atoms with Crippen LogP contribution < -0.4 is 9.80 Å². The molecule has 0 aliphatic heterocycles. The van der Waals surface area contributed by atoms with E-state index < -0.39 is 0 Å². The Labute approximate surface area is 403 Å². The average molecular weight is 883 g/mol. The van der Waals surface area contributed by atoms with Crippen molar-refractivity contribution in [3.8, 4) is 55.6 Å². The monoisotopic (exact) mass is 882 g/mol. The van der Waals surface area contributed by atoms with Crippen LogP contribution in [0.15, 0.2) is 283 Å². The lowest BCUT2D eigenvalue weighted by Crippen LogP contribution is -2.12. The van der Waals surface area contributed by atoms with Crippen molar-refractivity contribution in [1.29, 1.82) is 0 Å². The Balaban J connectivity index is 0.964. The Morgan fingerprint density at radius 2 is 0.623 bits per heavy atom. The lowest BCUT2D eigenvalue weighted by Gasteiger charge is -2.29. The highest BCUT2D eigenvalue weighted by Gasteiger charge is 2.20. The summed E-state index contributed by atoms with van der Waals surface area (Å²) in [7, 11) is 0. The first-order valence-electron chi connectivity index (χ1n) is 23.5. The molecule has 69 heavy (non-hydrogen) atoms. The maximum atomic E-state index is 6.29. The molecular formula is C66H46N2O. The normalized spacial score (nSPS) is 11.2. The van der Waals surface area contributed by atoms with E-state index in [1.807, 2.05) is 12.1 Å². The van der Waals surface area contributed by atoms with Crippen molar-refractivity contribution in [2.24, 2.45) is 0 Å². The standard InChI is InChI=1S/C66H46N2O/c1-4-16-47(17-5-1)50-30-38-55(39-31-50)67(56-44-36-53(37-45-56)61-26-15-29-65-66(61)62-25-11-13-28-64(62)69-65)59-23-14-22-54(46-59)60-24-10-12-27-63(60)68(57-40-32-51(33-41-57)48-18-6-2-7-19-48)58-42-34-52(35-43-58)49-20-8-3-9-21-49/h1-46H. The predicted octanol–water partition coefficient (Wildman–Crippen LogP) is 18.9. The van der Waals surface area contributed by atoms with Crippen molar-refractivity contribution in [2.75, 3.05) is 9.80 Å². The third-order valence-electron chi connectivity index (χ3n) is 13.1. The van der Waals surface area contributed by atoms with Crippen LogP contribution in [0.1, 0.15) is 0 Å². The molecule has 0 saturated heterocycles. The summed E-state index contributed by atoms with van der Waals surface area (Å²) in [6, 6.07) is 99.8. The van der Waals surface area contributed by atoms with Crippen LogP contribution in [0.3, 0.4) is 0 Å².